The van der Waals surface area contributed by atoms with E-state index in [0.29, 0.717) is 17.3 Å². The number of carbonyl (C=O) groups excluding carboxylic acids is 2. The van der Waals surface area contributed by atoms with Crippen molar-refractivity contribution in [1.82, 2.24) is 0 Å². The van der Waals surface area contributed by atoms with Crippen molar-refractivity contribution in [2.45, 2.75) is 0 Å². The third-order valence-corrected chi connectivity index (χ3v) is 3.82. The molecule has 7 heteroatoms. The normalized spacial score (nSPS) is 10.0. The first-order valence-corrected chi connectivity index (χ1v) is 8.14. The lowest BCUT2D eigenvalue weighted by Gasteiger charge is -2.09. The average molecular weight is 377 g/mol. The van der Waals surface area contributed by atoms with E-state index in [1.165, 1.54) is 30.3 Å². The van der Waals surface area contributed by atoms with Gasteiger partial charge in [-0.15, -0.1) is 0 Å². The highest BCUT2D eigenvalue weighted by Gasteiger charge is 2.13. The van der Waals surface area contributed by atoms with E-state index >= 15 is 0 Å². The summed E-state index contributed by atoms with van der Waals surface area (Å²) >= 11 is 0. The summed E-state index contributed by atoms with van der Waals surface area (Å²) in [5.41, 5.74) is 0.992. The Kier molecular flexibility index (Phi) is 5.42. The number of nitrogens with one attached hydrogen (secondary N) is 2. The summed E-state index contributed by atoms with van der Waals surface area (Å²) in [4.78, 5) is 24.7. The molecule has 2 amide bonds. The van der Waals surface area contributed by atoms with Gasteiger partial charge in [-0.3, -0.25) is 9.59 Å². The van der Waals surface area contributed by atoms with Gasteiger partial charge in [0.25, 0.3) is 11.8 Å². The van der Waals surface area contributed by atoms with Crippen LogP contribution in [0.5, 0.6) is 0 Å². The number of anilines is 2. The molecule has 138 valence electrons. The van der Waals surface area contributed by atoms with E-state index in [1.54, 1.807) is 18.2 Å². The molecule has 0 saturated heterocycles. The van der Waals surface area contributed by atoms with Crippen molar-refractivity contribution < 1.29 is 18.4 Å². The number of hydrogen-bond donors (Lipinski definition) is 2. The zero-order chi connectivity index (χ0) is 20.1. The van der Waals surface area contributed by atoms with Crippen LogP contribution in [0.4, 0.5) is 20.2 Å². The first kappa shape index (κ1) is 18.7. The van der Waals surface area contributed by atoms with Crippen molar-refractivity contribution in [1.29, 1.82) is 5.26 Å². The first-order valence-electron chi connectivity index (χ1n) is 8.14. The van der Waals surface area contributed by atoms with Gasteiger partial charge in [-0.25, -0.2) is 8.78 Å². The highest BCUT2D eigenvalue weighted by Crippen LogP contribution is 2.17. The third kappa shape index (κ3) is 4.37. The van der Waals surface area contributed by atoms with Crippen LogP contribution in [0.1, 0.15) is 26.3 Å². The molecule has 0 aliphatic carbocycles. The third-order valence-electron chi connectivity index (χ3n) is 3.82. The lowest BCUT2D eigenvalue weighted by Crippen LogP contribution is -2.16. The summed E-state index contributed by atoms with van der Waals surface area (Å²) in [6.07, 6.45) is 0. The topological polar surface area (TPSA) is 82.0 Å². The van der Waals surface area contributed by atoms with Crippen molar-refractivity contribution in [3.05, 3.63) is 95.1 Å². The van der Waals surface area contributed by atoms with Crippen molar-refractivity contribution >= 4 is 23.2 Å². The van der Waals surface area contributed by atoms with Crippen molar-refractivity contribution in [2.24, 2.45) is 0 Å². The Hall–Kier alpha value is -4.05. The maximum atomic E-state index is 13.7. The van der Waals surface area contributed by atoms with Gasteiger partial charge >= 0.3 is 0 Å². The van der Waals surface area contributed by atoms with Crippen molar-refractivity contribution in [3.63, 3.8) is 0 Å². The van der Waals surface area contributed by atoms with Gasteiger partial charge in [0.15, 0.2) is 0 Å². The Labute approximate surface area is 159 Å². The largest absolute Gasteiger partial charge is 0.322 e. The molecule has 0 radical (unpaired) electrons. The highest BCUT2D eigenvalue weighted by molar-refractivity contribution is 6.08. The Bertz CT molecular complexity index is 1110. The number of nitriles is 1. The quantitative estimate of drug-likeness (QED) is 0.710. The van der Waals surface area contributed by atoms with E-state index in [9.17, 15) is 18.4 Å². The van der Waals surface area contributed by atoms with Gasteiger partial charge in [0.2, 0.25) is 0 Å². The van der Waals surface area contributed by atoms with Gasteiger partial charge in [0, 0.05) is 22.9 Å². The Morgan fingerprint density at radius 3 is 2.18 bits per heavy atom. The van der Waals surface area contributed by atoms with Gasteiger partial charge in [0.1, 0.15) is 11.6 Å². The first-order chi connectivity index (χ1) is 13.5. The summed E-state index contributed by atoms with van der Waals surface area (Å²) in [6.45, 7) is 0. The Morgan fingerprint density at radius 2 is 1.50 bits per heavy atom. The molecule has 0 aliphatic rings. The SMILES string of the molecule is N#Cc1cccc(NC(=O)c2cccc(C(=O)Nc3ccc(F)cc3F)c2)c1. The molecule has 3 rings (SSSR count). The van der Waals surface area contributed by atoms with Gasteiger partial charge in [-0.1, -0.05) is 12.1 Å². The molecule has 28 heavy (non-hydrogen) atoms. The van der Waals surface area contributed by atoms with E-state index in [-0.39, 0.29) is 16.8 Å². The van der Waals surface area contributed by atoms with Crippen LogP contribution in [-0.2, 0) is 0 Å². The number of carbonyl (C=O) groups is 2. The number of rotatable bonds is 4. The van der Waals surface area contributed by atoms with Gasteiger partial charge in [-0.2, -0.15) is 5.26 Å². The fraction of sp³-hybridized carbons (Fsp3) is 0. The molecule has 0 spiro atoms. The standard InChI is InChI=1S/C21H13F2N3O2/c22-16-7-8-19(18(23)11-16)26-21(28)15-5-2-4-14(10-15)20(27)25-17-6-1-3-13(9-17)12-24/h1-11H,(H,25,27)(H,26,28). The second-order valence-electron chi connectivity index (χ2n) is 5.81. The molecule has 0 heterocycles. The molecule has 0 aliphatic heterocycles. The molecule has 3 aromatic carbocycles. The predicted octanol–water partition coefficient (Wildman–Crippen LogP) is 4.34. The van der Waals surface area contributed by atoms with Crippen molar-refractivity contribution in [3.8, 4) is 6.07 Å². The van der Waals surface area contributed by atoms with Gasteiger partial charge in [0.05, 0.1) is 17.3 Å². The van der Waals surface area contributed by atoms with Crippen LogP contribution in [-0.4, -0.2) is 11.8 Å². The second-order valence-corrected chi connectivity index (χ2v) is 5.81. The molecular formula is C21H13F2N3O2. The van der Waals surface area contributed by atoms with Gasteiger partial charge < -0.3 is 10.6 Å². The second kappa shape index (κ2) is 8.10. The van der Waals surface area contributed by atoms with Crippen LogP contribution in [0.25, 0.3) is 0 Å². The van der Waals surface area contributed by atoms with Crippen LogP contribution in [0.3, 0.4) is 0 Å². The summed E-state index contributed by atoms with van der Waals surface area (Å²) in [6, 6.07) is 17.0. The van der Waals surface area contributed by atoms with E-state index in [0.717, 1.165) is 12.1 Å². The molecule has 0 aromatic heterocycles. The summed E-state index contributed by atoms with van der Waals surface area (Å²) in [7, 11) is 0. The van der Waals surface area contributed by atoms with E-state index in [2.05, 4.69) is 10.6 Å². The van der Waals surface area contributed by atoms with Crippen LogP contribution < -0.4 is 10.6 Å². The number of halogens is 2. The minimum atomic E-state index is -0.903. The fourth-order valence-corrected chi connectivity index (χ4v) is 2.46. The van der Waals surface area contributed by atoms with Crippen LogP contribution in [0.2, 0.25) is 0 Å². The number of nitrogens with zero attached hydrogens (tertiary/aromatic N) is 1. The van der Waals surface area contributed by atoms with Crippen LogP contribution in [0.15, 0.2) is 66.7 Å². The molecule has 3 aromatic rings. The number of hydrogen-bond acceptors (Lipinski definition) is 3. The Morgan fingerprint density at radius 1 is 0.821 bits per heavy atom. The summed E-state index contributed by atoms with van der Waals surface area (Å²) in [5.74, 6) is -2.78. The molecule has 0 unspecified atom stereocenters. The highest BCUT2D eigenvalue weighted by atomic mass is 19.1. The van der Waals surface area contributed by atoms with E-state index in [4.69, 9.17) is 5.26 Å². The average Bonchev–Trinajstić information content (AvgIpc) is 2.70. The van der Waals surface area contributed by atoms with E-state index in [1.807, 2.05) is 6.07 Å². The molecule has 0 saturated carbocycles. The summed E-state index contributed by atoms with van der Waals surface area (Å²) in [5, 5.41) is 13.9. The lowest BCUT2D eigenvalue weighted by molar-refractivity contribution is 0.102. The summed E-state index contributed by atoms with van der Waals surface area (Å²) < 4.78 is 26.7. The molecule has 0 fully saturated rings. The smallest absolute Gasteiger partial charge is 0.255 e. The number of amides is 2. The monoisotopic (exact) mass is 377 g/mol. The van der Waals surface area contributed by atoms with Gasteiger partial charge in [-0.05, 0) is 48.5 Å². The molecule has 5 nitrogen and oxygen atoms in total. The zero-order valence-electron chi connectivity index (χ0n) is 14.4. The predicted molar refractivity (Wildman–Crippen MR) is 99.9 cm³/mol. The van der Waals surface area contributed by atoms with Crippen molar-refractivity contribution in [2.75, 3.05) is 10.6 Å². The minimum Gasteiger partial charge on any atom is -0.322 e. The molecule has 0 atom stereocenters. The maximum absolute atomic E-state index is 13.7. The zero-order valence-corrected chi connectivity index (χ0v) is 14.4. The van der Waals surface area contributed by atoms with E-state index < -0.39 is 23.4 Å². The lowest BCUT2D eigenvalue weighted by atomic mass is 10.1. The molecule has 0 bridgehead atoms. The Balaban J connectivity index is 1.76. The fourth-order valence-electron chi connectivity index (χ4n) is 2.46. The minimum absolute atomic E-state index is 0.127. The number of benzene rings is 3. The molecular weight excluding hydrogens is 364 g/mol. The maximum Gasteiger partial charge on any atom is 0.255 e. The van der Waals surface area contributed by atoms with Crippen LogP contribution >= 0.6 is 0 Å². The molecule has 2 N–H and O–H groups in total. The van der Waals surface area contributed by atoms with Crippen LogP contribution in [0, 0.1) is 23.0 Å².